The maximum atomic E-state index is 12.3. The van der Waals surface area contributed by atoms with E-state index < -0.39 is 0 Å². The van der Waals surface area contributed by atoms with E-state index in [0.29, 0.717) is 12.5 Å². The molecule has 3 rings (SSSR count). The summed E-state index contributed by atoms with van der Waals surface area (Å²) in [5.74, 6) is 1.47. The molecule has 1 aliphatic rings. The van der Waals surface area contributed by atoms with Crippen molar-refractivity contribution in [1.82, 2.24) is 20.5 Å². The molecule has 132 valence electrons. The van der Waals surface area contributed by atoms with Gasteiger partial charge >= 0.3 is 0 Å². The van der Waals surface area contributed by atoms with Gasteiger partial charge in [-0.25, -0.2) is 0 Å². The minimum absolute atomic E-state index is 0.0206. The summed E-state index contributed by atoms with van der Waals surface area (Å²) in [5, 5.41) is 11.7. The summed E-state index contributed by atoms with van der Waals surface area (Å²) < 4.78 is 0. The number of nitrogens with zero attached hydrogens (tertiary/aromatic N) is 4. The Hall–Kier alpha value is -2.50. The third-order valence-corrected chi connectivity index (χ3v) is 4.41. The van der Waals surface area contributed by atoms with Crippen LogP contribution in [0.5, 0.6) is 0 Å². The maximum Gasteiger partial charge on any atom is 0.224 e. The van der Waals surface area contributed by atoms with E-state index in [1.54, 1.807) is 12.4 Å². The quantitative estimate of drug-likeness (QED) is 0.906. The molecule has 0 aliphatic carbocycles. The lowest BCUT2D eigenvalue weighted by atomic mass is 9.97. The summed E-state index contributed by atoms with van der Waals surface area (Å²) >= 11 is 0. The molecule has 1 atom stereocenters. The third-order valence-electron chi connectivity index (χ3n) is 4.41. The zero-order valence-corrected chi connectivity index (χ0v) is 14.9. The summed E-state index contributed by atoms with van der Waals surface area (Å²) in [7, 11) is 0. The lowest BCUT2D eigenvalue weighted by Gasteiger charge is -2.32. The number of carbonyl (C=O) groups is 1. The molecule has 2 aromatic heterocycles. The first-order chi connectivity index (χ1) is 12.1. The average molecular weight is 339 g/mol. The summed E-state index contributed by atoms with van der Waals surface area (Å²) in [6.07, 6.45) is 5.44. The molecule has 1 saturated heterocycles. The van der Waals surface area contributed by atoms with Gasteiger partial charge in [-0.2, -0.15) is 0 Å². The molecule has 0 bridgehead atoms. The molecule has 1 fully saturated rings. The Labute approximate surface area is 148 Å². The molecule has 0 spiro atoms. The number of nitrogens with one attached hydrogen (secondary N) is 1. The molecule has 0 radical (unpaired) electrons. The van der Waals surface area contributed by atoms with Crippen molar-refractivity contribution in [1.29, 1.82) is 0 Å². The minimum Gasteiger partial charge on any atom is -0.356 e. The smallest absolute Gasteiger partial charge is 0.224 e. The Bertz CT molecular complexity index is 687. The fourth-order valence-corrected chi connectivity index (χ4v) is 3.01. The minimum atomic E-state index is 0.0206. The Balaban J connectivity index is 1.64. The maximum absolute atomic E-state index is 12.3. The van der Waals surface area contributed by atoms with E-state index in [2.05, 4.69) is 39.2 Å². The number of carbonyl (C=O) groups excluding carboxylic acids is 1. The van der Waals surface area contributed by atoms with Gasteiger partial charge in [-0.3, -0.25) is 9.78 Å². The van der Waals surface area contributed by atoms with Gasteiger partial charge in [0, 0.05) is 37.6 Å². The average Bonchev–Trinajstić information content (AvgIpc) is 2.67. The van der Waals surface area contributed by atoms with Crippen molar-refractivity contribution < 1.29 is 4.79 Å². The SMILES string of the molecule is CC(C)CNC(=O)C1CCCN(c2ccc(-c3cccnc3)nn2)C1. The third kappa shape index (κ3) is 4.53. The first kappa shape index (κ1) is 17.3. The van der Waals surface area contributed by atoms with Crippen molar-refractivity contribution >= 4 is 11.7 Å². The molecule has 25 heavy (non-hydrogen) atoms. The van der Waals surface area contributed by atoms with E-state index in [1.165, 1.54) is 0 Å². The number of rotatable bonds is 5. The Morgan fingerprint density at radius 3 is 2.88 bits per heavy atom. The van der Waals surface area contributed by atoms with Gasteiger partial charge in [-0.05, 0) is 43.0 Å². The number of pyridine rings is 1. The van der Waals surface area contributed by atoms with Crippen molar-refractivity contribution in [3.8, 4) is 11.3 Å². The molecule has 2 aromatic rings. The molecular formula is C19H25N5O. The highest BCUT2D eigenvalue weighted by Gasteiger charge is 2.26. The molecule has 1 aliphatic heterocycles. The van der Waals surface area contributed by atoms with Gasteiger partial charge in [-0.1, -0.05) is 13.8 Å². The fourth-order valence-electron chi connectivity index (χ4n) is 3.01. The number of piperidine rings is 1. The lowest BCUT2D eigenvalue weighted by Crippen LogP contribution is -2.44. The van der Waals surface area contributed by atoms with Crippen LogP contribution in [0.15, 0.2) is 36.7 Å². The van der Waals surface area contributed by atoms with Crippen molar-refractivity contribution in [2.75, 3.05) is 24.5 Å². The molecule has 3 heterocycles. The predicted molar refractivity (Wildman–Crippen MR) is 98.0 cm³/mol. The molecule has 6 nitrogen and oxygen atoms in total. The monoisotopic (exact) mass is 339 g/mol. The first-order valence-electron chi connectivity index (χ1n) is 8.90. The second kappa shape index (κ2) is 8.05. The van der Waals surface area contributed by atoms with E-state index in [9.17, 15) is 4.79 Å². The predicted octanol–water partition coefficient (Wildman–Crippen LogP) is 2.53. The molecule has 1 amide bonds. The lowest BCUT2D eigenvalue weighted by molar-refractivity contribution is -0.125. The van der Waals surface area contributed by atoms with Crippen LogP contribution >= 0.6 is 0 Å². The number of hydrogen-bond acceptors (Lipinski definition) is 5. The number of anilines is 1. The van der Waals surface area contributed by atoms with Crippen molar-refractivity contribution in [3.63, 3.8) is 0 Å². The first-order valence-corrected chi connectivity index (χ1v) is 8.90. The highest BCUT2D eigenvalue weighted by atomic mass is 16.1. The zero-order valence-electron chi connectivity index (χ0n) is 14.9. The molecular weight excluding hydrogens is 314 g/mol. The molecule has 0 aromatic carbocycles. The topological polar surface area (TPSA) is 71.0 Å². The zero-order chi connectivity index (χ0) is 17.6. The largest absolute Gasteiger partial charge is 0.356 e. The highest BCUT2D eigenvalue weighted by molar-refractivity contribution is 5.79. The molecule has 1 N–H and O–H groups in total. The Morgan fingerprint density at radius 2 is 2.20 bits per heavy atom. The normalized spacial score (nSPS) is 17.6. The molecule has 1 unspecified atom stereocenters. The highest BCUT2D eigenvalue weighted by Crippen LogP contribution is 2.23. The molecule has 6 heteroatoms. The van der Waals surface area contributed by atoms with Crippen LogP contribution in [-0.2, 0) is 4.79 Å². The Morgan fingerprint density at radius 1 is 1.32 bits per heavy atom. The van der Waals surface area contributed by atoms with E-state index in [1.807, 2.05) is 24.3 Å². The summed E-state index contributed by atoms with van der Waals surface area (Å²) in [4.78, 5) is 18.6. The van der Waals surface area contributed by atoms with E-state index in [4.69, 9.17) is 0 Å². The van der Waals surface area contributed by atoms with Gasteiger partial charge < -0.3 is 10.2 Å². The molecule has 0 saturated carbocycles. The number of aromatic nitrogens is 3. The summed E-state index contributed by atoms with van der Waals surface area (Å²) in [6, 6.07) is 7.79. The van der Waals surface area contributed by atoms with Gasteiger partial charge in [0.15, 0.2) is 5.82 Å². The van der Waals surface area contributed by atoms with Crippen LogP contribution in [0, 0.1) is 11.8 Å². The van der Waals surface area contributed by atoms with E-state index >= 15 is 0 Å². The second-order valence-corrected chi connectivity index (χ2v) is 6.94. The Kier molecular flexibility index (Phi) is 5.58. The van der Waals surface area contributed by atoms with Gasteiger partial charge in [0.1, 0.15) is 0 Å². The van der Waals surface area contributed by atoms with Gasteiger partial charge in [0.25, 0.3) is 0 Å². The second-order valence-electron chi connectivity index (χ2n) is 6.94. The van der Waals surface area contributed by atoms with E-state index in [0.717, 1.165) is 43.0 Å². The van der Waals surface area contributed by atoms with Crippen LogP contribution in [0.2, 0.25) is 0 Å². The van der Waals surface area contributed by atoms with Crippen LogP contribution in [0.1, 0.15) is 26.7 Å². The van der Waals surface area contributed by atoms with Crippen LogP contribution < -0.4 is 10.2 Å². The van der Waals surface area contributed by atoms with Gasteiger partial charge in [0.2, 0.25) is 5.91 Å². The standard InChI is InChI=1S/C19H25N5O/c1-14(2)11-21-19(25)16-6-4-10-24(13-16)18-8-7-17(22-23-18)15-5-3-9-20-12-15/h3,5,7-9,12,14,16H,4,6,10-11,13H2,1-2H3,(H,21,25). The van der Waals surface area contributed by atoms with Gasteiger partial charge in [0.05, 0.1) is 11.6 Å². The van der Waals surface area contributed by atoms with E-state index in [-0.39, 0.29) is 11.8 Å². The van der Waals surface area contributed by atoms with Crippen LogP contribution in [0.25, 0.3) is 11.3 Å². The van der Waals surface area contributed by atoms with Crippen LogP contribution in [0.4, 0.5) is 5.82 Å². The number of hydrogen-bond donors (Lipinski definition) is 1. The van der Waals surface area contributed by atoms with Crippen molar-refractivity contribution in [2.45, 2.75) is 26.7 Å². The number of amides is 1. The van der Waals surface area contributed by atoms with Crippen molar-refractivity contribution in [3.05, 3.63) is 36.7 Å². The summed E-state index contributed by atoms with van der Waals surface area (Å²) in [6.45, 7) is 6.55. The van der Waals surface area contributed by atoms with Crippen LogP contribution in [0.3, 0.4) is 0 Å². The summed E-state index contributed by atoms with van der Waals surface area (Å²) in [5.41, 5.74) is 1.76. The fraction of sp³-hybridized carbons (Fsp3) is 0.474. The van der Waals surface area contributed by atoms with Crippen LogP contribution in [-0.4, -0.2) is 40.7 Å². The van der Waals surface area contributed by atoms with Gasteiger partial charge in [-0.15, -0.1) is 10.2 Å². The van der Waals surface area contributed by atoms with Crippen molar-refractivity contribution in [2.24, 2.45) is 11.8 Å².